The molecule has 0 saturated carbocycles. The van der Waals surface area contributed by atoms with Crippen molar-refractivity contribution in [3.05, 3.63) is 59.7 Å². The van der Waals surface area contributed by atoms with Crippen molar-refractivity contribution in [2.24, 2.45) is 0 Å². The fourth-order valence-corrected chi connectivity index (χ4v) is 1.75. The van der Waals surface area contributed by atoms with Crippen molar-refractivity contribution < 1.29 is 0 Å². The molecule has 0 aliphatic carbocycles. The van der Waals surface area contributed by atoms with E-state index in [-0.39, 0.29) is 0 Å². The van der Waals surface area contributed by atoms with Crippen molar-refractivity contribution in [1.82, 2.24) is 0 Å². The van der Waals surface area contributed by atoms with Crippen LogP contribution in [-0.4, -0.2) is 8.07 Å². The van der Waals surface area contributed by atoms with E-state index in [0.717, 1.165) is 11.1 Å². The Morgan fingerprint density at radius 2 is 1.79 bits per heavy atom. The van der Waals surface area contributed by atoms with Crippen LogP contribution in [0.15, 0.2) is 54.1 Å². The Kier molecular flexibility index (Phi) is 5.93. The molecular formula is C18H20Si. The highest BCUT2D eigenvalue weighted by atomic mass is 28.3. The predicted octanol–water partition coefficient (Wildman–Crippen LogP) is 4.42. The second kappa shape index (κ2) is 7.47. The highest BCUT2D eigenvalue weighted by Gasteiger charge is 2.06. The van der Waals surface area contributed by atoms with E-state index in [1.165, 1.54) is 0 Å². The standard InChI is InChI=1S/C18H20Si/c1-17(11-7-6-10-16-19(2,3)4)14-15-18-12-8-5-9-13-18/h5-9,11-13H,1-4H3/b7-6-,17-11-. The van der Waals surface area contributed by atoms with Gasteiger partial charge in [0.2, 0.25) is 0 Å². The highest BCUT2D eigenvalue weighted by molar-refractivity contribution is 6.83. The first kappa shape index (κ1) is 15.1. The highest BCUT2D eigenvalue weighted by Crippen LogP contribution is 1.98. The van der Waals surface area contributed by atoms with Crippen LogP contribution in [0.5, 0.6) is 0 Å². The Morgan fingerprint density at radius 1 is 1.11 bits per heavy atom. The van der Waals surface area contributed by atoms with Gasteiger partial charge in [0.05, 0.1) is 0 Å². The summed E-state index contributed by atoms with van der Waals surface area (Å²) in [6, 6.07) is 10.0. The normalized spacial score (nSPS) is 11.5. The number of hydrogen-bond acceptors (Lipinski definition) is 0. The van der Waals surface area contributed by atoms with Crippen LogP contribution in [0.3, 0.4) is 0 Å². The molecule has 1 heteroatoms. The van der Waals surface area contributed by atoms with Gasteiger partial charge >= 0.3 is 0 Å². The largest absolute Gasteiger partial charge is 0.129 e. The minimum absolute atomic E-state index is 1.04. The van der Waals surface area contributed by atoms with Crippen LogP contribution in [0.1, 0.15) is 12.5 Å². The summed E-state index contributed by atoms with van der Waals surface area (Å²) in [5.74, 6) is 9.35. The summed E-state index contributed by atoms with van der Waals surface area (Å²) in [5.41, 5.74) is 5.37. The lowest BCUT2D eigenvalue weighted by atomic mass is 10.2. The molecule has 0 radical (unpaired) electrons. The zero-order chi connectivity index (χ0) is 14.1. The lowest BCUT2D eigenvalue weighted by Gasteiger charge is -2.01. The third-order valence-corrected chi connectivity index (χ3v) is 3.05. The maximum Gasteiger partial charge on any atom is 0.129 e. The van der Waals surface area contributed by atoms with Gasteiger partial charge in [-0.2, -0.15) is 0 Å². The smallest absolute Gasteiger partial charge is 0.127 e. The van der Waals surface area contributed by atoms with Gasteiger partial charge in [-0.1, -0.05) is 67.8 Å². The predicted molar refractivity (Wildman–Crippen MR) is 87.3 cm³/mol. The quantitative estimate of drug-likeness (QED) is 0.400. The number of rotatable bonds is 1. The summed E-state index contributed by atoms with van der Waals surface area (Å²) in [6.07, 6.45) is 5.85. The fourth-order valence-electron chi connectivity index (χ4n) is 1.23. The minimum Gasteiger partial charge on any atom is -0.127 e. The lowest BCUT2D eigenvalue weighted by molar-refractivity contribution is 1.57. The van der Waals surface area contributed by atoms with Crippen LogP contribution in [0.4, 0.5) is 0 Å². The van der Waals surface area contributed by atoms with E-state index in [4.69, 9.17) is 0 Å². The molecule has 1 aromatic carbocycles. The summed E-state index contributed by atoms with van der Waals surface area (Å²) >= 11 is 0. The molecule has 0 aliphatic rings. The van der Waals surface area contributed by atoms with Gasteiger partial charge in [-0.3, -0.25) is 0 Å². The molecule has 0 amide bonds. The summed E-state index contributed by atoms with van der Waals surface area (Å²) in [5, 5.41) is 0. The lowest BCUT2D eigenvalue weighted by Crippen LogP contribution is -2.16. The maximum absolute atomic E-state index is 3.29. The van der Waals surface area contributed by atoms with Crippen LogP contribution < -0.4 is 0 Å². The summed E-state index contributed by atoms with van der Waals surface area (Å²) in [7, 11) is -1.25. The minimum atomic E-state index is -1.25. The molecule has 0 nitrogen and oxygen atoms in total. The molecule has 0 bridgehead atoms. The van der Waals surface area contributed by atoms with Crippen molar-refractivity contribution in [1.29, 1.82) is 0 Å². The van der Waals surface area contributed by atoms with E-state index in [9.17, 15) is 0 Å². The first-order chi connectivity index (χ1) is 8.97. The second-order valence-corrected chi connectivity index (χ2v) is 10.1. The summed E-state index contributed by atoms with van der Waals surface area (Å²) in [4.78, 5) is 0. The molecule has 0 fully saturated rings. The Balaban J connectivity index is 2.61. The summed E-state index contributed by atoms with van der Waals surface area (Å²) in [6.45, 7) is 8.72. The van der Waals surface area contributed by atoms with Crippen LogP contribution in [0, 0.1) is 23.3 Å². The molecule has 0 heterocycles. The third kappa shape index (κ3) is 7.87. The molecular weight excluding hydrogens is 244 g/mol. The van der Waals surface area contributed by atoms with Gasteiger partial charge in [-0.15, -0.1) is 5.54 Å². The van der Waals surface area contributed by atoms with Crippen LogP contribution in [0.2, 0.25) is 19.6 Å². The monoisotopic (exact) mass is 264 g/mol. The van der Waals surface area contributed by atoms with Crippen molar-refractivity contribution in [3.8, 4) is 23.3 Å². The fraction of sp³-hybridized carbons (Fsp3) is 0.222. The van der Waals surface area contributed by atoms with E-state index in [2.05, 4.69) is 42.9 Å². The van der Waals surface area contributed by atoms with Gasteiger partial charge in [0.1, 0.15) is 8.07 Å². The average molecular weight is 264 g/mol. The molecule has 1 aromatic rings. The maximum atomic E-state index is 3.29. The zero-order valence-electron chi connectivity index (χ0n) is 12.1. The molecule has 0 unspecified atom stereocenters. The van der Waals surface area contributed by atoms with Crippen molar-refractivity contribution >= 4 is 8.07 Å². The van der Waals surface area contributed by atoms with E-state index >= 15 is 0 Å². The van der Waals surface area contributed by atoms with Gasteiger partial charge in [0, 0.05) is 5.56 Å². The zero-order valence-corrected chi connectivity index (χ0v) is 13.1. The van der Waals surface area contributed by atoms with Gasteiger partial charge in [-0.05, 0) is 30.7 Å². The van der Waals surface area contributed by atoms with Gasteiger partial charge in [0.25, 0.3) is 0 Å². The average Bonchev–Trinajstić information content (AvgIpc) is 2.36. The van der Waals surface area contributed by atoms with E-state index in [1.54, 1.807) is 0 Å². The second-order valence-electron chi connectivity index (χ2n) is 5.34. The Hall–Kier alpha value is -1.96. The van der Waals surface area contributed by atoms with E-state index < -0.39 is 8.07 Å². The van der Waals surface area contributed by atoms with Gasteiger partial charge in [0.15, 0.2) is 0 Å². The van der Waals surface area contributed by atoms with Crippen LogP contribution in [0.25, 0.3) is 0 Å². The molecule has 0 aliphatic heterocycles. The third-order valence-electron chi connectivity index (χ3n) is 2.15. The molecule has 0 spiro atoms. The van der Waals surface area contributed by atoms with Crippen molar-refractivity contribution in [2.45, 2.75) is 26.6 Å². The van der Waals surface area contributed by atoms with Crippen LogP contribution in [-0.2, 0) is 0 Å². The number of benzene rings is 1. The van der Waals surface area contributed by atoms with E-state index in [0.29, 0.717) is 0 Å². The van der Waals surface area contributed by atoms with Gasteiger partial charge < -0.3 is 0 Å². The molecule has 0 saturated heterocycles. The topological polar surface area (TPSA) is 0 Å². The molecule has 96 valence electrons. The Bertz CT molecular complexity index is 576. The van der Waals surface area contributed by atoms with Crippen LogP contribution >= 0.6 is 0 Å². The van der Waals surface area contributed by atoms with Crippen molar-refractivity contribution in [3.63, 3.8) is 0 Å². The molecule has 19 heavy (non-hydrogen) atoms. The number of hydrogen-bond donors (Lipinski definition) is 0. The first-order valence-corrected chi connectivity index (χ1v) is 9.90. The first-order valence-electron chi connectivity index (χ1n) is 6.40. The van der Waals surface area contributed by atoms with E-state index in [1.807, 2.05) is 55.5 Å². The molecule has 0 atom stereocenters. The van der Waals surface area contributed by atoms with Gasteiger partial charge in [-0.25, -0.2) is 0 Å². The SMILES string of the molecule is C/C(C#Cc1ccccc1)=C/C=C\C#C[Si](C)(C)C. The molecule has 1 rings (SSSR count). The van der Waals surface area contributed by atoms with Crippen molar-refractivity contribution in [2.75, 3.05) is 0 Å². The number of allylic oxidation sites excluding steroid dienone is 4. The molecule has 0 N–H and O–H groups in total. The molecule has 0 aromatic heterocycles. The Labute approximate surface area is 118 Å². The summed E-state index contributed by atoms with van der Waals surface area (Å²) < 4.78 is 0. The Morgan fingerprint density at radius 3 is 2.42 bits per heavy atom.